The van der Waals surface area contributed by atoms with Crippen molar-refractivity contribution in [1.82, 2.24) is 5.32 Å². The Kier molecular flexibility index (Phi) is 4.43. The van der Waals surface area contributed by atoms with E-state index in [9.17, 15) is 4.79 Å². The SMILES string of the molecule is CC(CO)CNC(=O)C=Cc1ccc(C2CC2C)o1. The number of hydrogen-bond donors (Lipinski definition) is 2. The lowest BCUT2D eigenvalue weighted by Gasteiger charge is -2.07. The summed E-state index contributed by atoms with van der Waals surface area (Å²) in [5.41, 5.74) is 0. The van der Waals surface area contributed by atoms with Gasteiger partial charge < -0.3 is 14.8 Å². The Bertz CT molecular complexity index is 464. The van der Waals surface area contributed by atoms with Crippen LogP contribution < -0.4 is 5.32 Å². The summed E-state index contributed by atoms with van der Waals surface area (Å²) >= 11 is 0. The van der Waals surface area contributed by atoms with Crippen LogP contribution in [0.15, 0.2) is 22.6 Å². The highest BCUT2D eigenvalue weighted by Crippen LogP contribution is 2.47. The average Bonchev–Trinajstić information content (AvgIpc) is 2.95. The highest BCUT2D eigenvalue weighted by atomic mass is 16.3. The third kappa shape index (κ3) is 3.96. The van der Waals surface area contributed by atoms with Gasteiger partial charge in [0, 0.05) is 25.1 Å². The lowest BCUT2D eigenvalue weighted by Crippen LogP contribution is -2.27. The molecule has 1 aromatic rings. The molecule has 1 aliphatic rings. The normalized spacial score (nSPS) is 23.5. The van der Waals surface area contributed by atoms with Crippen molar-refractivity contribution in [3.8, 4) is 0 Å². The Morgan fingerprint density at radius 2 is 2.37 bits per heavy atom. The van der Waals surface area contributed by atoms with E-state index in [0.717, 1.165) is 5.76 Å². The Balaban J connectivity index is 1.81. The standard InChI is InChI=1S/C15H21NO3/c1-10(9-17)8-16-15(18)6-4-12-3-5-14(19-12)13-7-11(13)2/h3-6,10-11,13,17H,7-9H2,1-2H3,(H,16,18). The van der Waals surface area contributed by atoms with E-state index >= 15 is 0 Å². The van der Waals surface area contributed by atoms with E-state index in [1.165, 1.54) is 12.5 Å². The van der Waals surface area contributed by atoms with Gasteiger partial charge in [-0.25, -0.2) is 0 Å². The molecule has 1 aromatic heterocycles. The second-order valence-electron chi connectivity index (χ2n) is 5.43. The predicted octanol–water partition coefficient (Wildman–Crippen LogP) is 2.16. The van der Waals surface area contributed by atoms with E-state index in [1.807, 2.05) is 19.1 Å². The number of carbonyl (C=O) groups is 1. The quantitative estimate of drug-likeness (QED) is 0.773. The summed E-state index contributed by atoms with van der Waals surface area (Å²) in [7, 11) is 0. The lowest BCUT2D eigenvalue weighted by molar-refractivity contribution is -0.116. The average molecular weight is 263 g/mol. The molecule has 3 atom stereocenters. The first-order chi connectivity index (χ1) is 9.10. The van der Waals surface area contributed by atoms with Crippen LogP contribution in [-0.4, -0.2) is 24.2 Å². The van der Waals surface area contributed by atoms with Gasteiger partial charge in [-0.15, -0.1) is 0 Å². The molecule has 0 aliphatic heterocycles. The highest BCUT2D eigenvalue weighted by Gasteiger charge is 2.36. The minimum absolute atomic E-state index is 0.0731. The first-order valence-electron chi connectivity index (χ1n) is 6.76. The summed E-state index contributed by atoms with van der Waals surface area (Å²) in [6.45, 7) is 4.63. The van der Waals surface area contributed by atoms with Crippen LogP contribution in [0.2, 0.25) is 0 Å². The first kappa shape index (κ1) is 13.9. The predicted molar refractivity (Wildman–Crippen MR) is 73.5 cm³/mol. The van der Waals surface area contributed by atoms with Crippen molar-refractivity contribution in [2.75, 3.05) is 13.2 Å². The van der Waals surface area contributed by atoms with Gasteiger partial charge in [-0.05, 0) is 36.5 Å². The molecule has 1 fully saturated rings. The van der Waals surface area contributed by atoms with Crippen molar-refractivity contribution in [1.29, 1.82) is 0 Å². The number of aliphatic hydroxyl groups excluding tert-OH is 1. The number of aliphatic hydroxyl groups is 1. The van der Waals surface area contributed by atoms with Crippen LogP contribution >= 0.6 is 0 Å². The number of carbonyl (C=O) groups excluding carboxylic acids is 1. The van der Waals surface area contributed by atoms with Gasteiger partial charge in [0.05, 0.1) is 0 Å². The maximum Gasteiger partial charge on any atom is 0.244 e. The van der Waals surface area contributed by atoms with Crippen molar-refractivity contribution in [2.45, 2.75) is 26.2 Å². The second kappa shape index (κ2) is 6.06. The number of amides is 1. The van der Waals surface area contributed by atoms with Gasteiger partial charge in [-0.1, -0.05) is 13.8 Å². The van der Waals surface area contributed by atoms with Crippen LogP contribution in [0.3, 0.4) is 0 Å². The van der Waals surface area contributed by atoms with Crippen LogP contribution in [0.5, 0.6) is 0 Å². The van der Waals surface area contributed by atoms with Crippen LogP contribution in [0.4, 0.5) is 0 Å². The Hall–Kier alpha value is -1.55. The molecule has 0 saturated heterocycles. The topological polar surface area (TPSA) is 62.5 Å². The first-order valence-corrected chi connectivity index (χ1v) is 6.76. The summed E-state index contributed by atoms with van der Waals surface area (Å²) in [6.07, 6.45) is 4.33. The lowest BCUT2D eigenvalue weighted by atomic mass is 10.2. The van der Waals surface area contributed by atoms with Gasteiger partial charge in [0.1, 0.15) is 11.5 Å². The van der Waals surface area contributed by atoms with Crippen LogP contribution in [0.25, 0.3) is 6.08 Å². The Labute approximate surface area is 113 Å². The molecule has 1 amide bonds. The third-order valence-electron chi connectivity index (χ3n) is 3.46. The van der Waals surface area contributed by atoms with Crippen LogP contribution in [0.1, 0.15) is 37.7 Å². The molecule has 0 spiro atoms. The van der Waals surface area contributed by atoms with E-state index in [0.29, 0.717) is 24.1 Å². The van der Waals surface area contributed by atoms with E-state index < -0.39 is 0 Å². The van der Waals surface area contributed by atoms with E-state index in [-0.39, 0.29) is 18.4 Å². The molecular weight excluding hydrogens is 242 g/mol. The fraction of sp³-hybridized carbons (Fsp3) is 0.533. The van der Waals surface area contributed by atoms with Gasteiger partial charge in [0.25, 0.3) is 0 Å². The molecule has 1 aliphatic carbocycles. The summed E-state index contributed by atoms with van der Waals surface area (Å²) in [6, 6.07) is 3.88. The molecule has 104 valence electrons. The zero-order valence-electron chi connectivity index (χ0n) is 11.4. The molecule has 2 rings (SSSR count). The van der Waals surface area contributed by atoms with Gasteiger partial charge in [0.15, 0.2) is 0 Å². The summed E-state index contributed by atoms with van der Waals surface area (Å²) < 4.78 is 5.67. The summed E-state index contributed by atoms with van der Waals surface area (Å²) in [5, 5.41) is 11.6. The monoisotopic (exact) mass is 263 g/mol. The number of furan rings is 1. The van der Waals surface area contributed by atoms with Crippen molar-refractivity contribution in [3.63, 3.8) is 0 Å². The molecule has 4 heteroatoms. The van der Waals surface area contributed by atoms with E-state index in [4.69, 9.17) is 9.52 Å². The van der Waals surface area contributed by atoms with Gasteiger partial charge in [0.2, 0.25) is 5.91 Å². The fourth-order valence-corrected chi connectivity index (χ4v) is 1.93. The Morgan fingerprint density at radius 3 is 3.00 bits per heavy atom. The largest absolute Gasteiger partial charge is 0.461 e. The molecule has 19 heavy (non-hydrogen) atoms. The molecule has 3 unspecified atom stereocenters. The number of rotatable bonds is 6. The zero-order chi connectivity index (χ0) is 13.8. The smallest absolute Gasteiger partial charge is 0.244 e. The summed E-state index contributed by atoms with van der Waals surface area (Å²) in [5.74, 6) is 2.90. The minimum Gasteiger partial charge on any atom is -0.461 e. The van der Waals surface area contributed by atoms with Gasteiger partial charge >= 0.3 is 0 Å². The fourth-order valence-electron chi connectivity index (χ4n) is 1.93. The third-order valence-corrected chi connectivity index (χ3v) is 3.46. The maximum atomic E-state index is 11.5. The molecule has 0 bridgehead atoms. The molecule has 0 radical (unpaired) electrons. The Morgan fingerprint density at radius 1 is 1.63 bits per heavy atom. The molecule has 0 aromatic carbocycles. The van der Waals surface area contributed by atoms with Crippen molar-refractivity contribution in [2.24, 2.45) is 11.8 Å². The second-order valence-corrected chi connectivity index (χ2v) is 5.43. The zero-order valence-corrected chi connectivity index (χ0v) is 11.4. The van der Waals surface area contributed by atoms with Crippen LogP contribution in [0, 0.1) is 11.8 Å². The van der Waals surface area contributed by atoms with E-state index in [1.54, 1.807) is 6.08 Å². The maximum absolute atomic E-state index is 11.5. The van der Waals surface area contributed by atoms with Gasteiger partial charge in [-0.2, -0.15) is 0 Å². The number of hydrogen-bond acceptors (Lipinski definition) is 3. The number of nitrogens with one attached hydrogen (secondary N) is 1. The van der Waals surface area contributed by atoms with Gasteiger partial charge in [-0.3, -0.25) is 4.79 Å². The minimum atomic E-state index is -0.168. The molecule has 1 heterocycles. The van der Waals surface area contributed by atoms with Crippen molar-refractivity contribution in [3.05, 3.63) is 29.7 Å². The van der Waals surface area contributed by atoms with Crippen molar-refractivity contribution < 1.29 is 14.3 Å². The molecular formula is C15H21NO3. The van der Waals surface area contributed by atoms with E-state index in [2.05, 4.69) is 12.2 Å². The highest BCUT2D eigenvalue weighted by molar-refractivity contribution is 5.91. The summed E-state index contributed by atoms with van der Waals surface area (Å²) in [4.78, 5) is 11.5. The van der Waals surface area contributed by atoms with Crippen molar-refractivity contribution >= 4 is 12.0 Å². The molecule has 1 saturated carbocycles. The van der Waals surface area contributed by atoms with Crippen LogP contribution in [-0.2, 0) is 4.79 Å². The molecule has 4 nitrogen and oxygen atoms in total. The molecule has 2 N–H and O–H groups in total.